The SMILES string of the molecule is Cc1ccc(C(C)Nc2cccc(C(C)C)c2)c(C)c1. The van der Waals surface area contributed by atoms with Gasteiger partial charge in [0.2, 0.25) is 0 Å². The molecule has 0 bridgehead atoms. The number of hydrogen-bond donors (Lipinski definition) is 1. The molecule has 1 N–H and O–H groups in total. The predicted octanol–water partition coefficient (Wildman–Crippen LogP) is 5.60. The fraction of sp³-hybridized carbons (Fsp3) is 0.368. The molecule has 0 saturated carbocycles. The second kappa shape index (κ2) is 6.13. The molecule has 0 aliphatic rings. The molecule has 20 heavy (non-hydrogen) atoms. The standard InChI is InChI=1S/C19H25N/c1-13(2)17-7-6-8-18(12-17)20-16(5)19-10-9-14(3)11-15(19)4/h6-13,16,20H,1-5H3. The van der Waals surface area contributed by atoms with Gasteiger partial charge >= 0.3 is 0 Å². The molecule has 1 heteroatoms. The molecule has 0 heterocycles. The summed E-state index contributed by atoms with van der Waals surface area (Å²) < 4.78 is 0. The van der Waals surface area contributed by atoms with Gasteiger partial charge in [0, 0.05) is 11.7 Å². The van der Waals surface area contributed by atoms with Crippen LogP contribution in [0.2, 0.25) is 0 Å². The van der Waals surface area contributed by atoms with Gasteiger partial charge in [0.15, 0.2) is 0 Å². The first kappa shape index (κ1) is 14.6. The smallest absolute Gasteiger partial charge is 0.0488 e. The van der Waals surface area contributed by atoms with E-state index in [1.807, 2.05) is 0 Å². The molecular formula is C19H25N. The lowest BCUT2D eigenvalue weighted by atomic mass is 9.99. The fourth-order valence-electron chi connectivity index (χ4n) is 2.63. The molecule has 1 unspecified atom stereocenters. The van der Waals surface area contributed by atoms with E-state index in [0.29, 0.717) is 12.0 Å². The zero-order valence-electron chi connectivity index (χ0n) is 13.2. The monoisotopic (exact) mass is 267 g/mol. The lowest BCUT2D eigenvalue weighted by Gasteiger charge is -2.19. The molecule has 1 nitrogen and oxygen atoms in total. The van der Waals surface area contributed by atoms with Gasteiger partial charge < -0.3 is 5.32 Å². The lowest BCUT2D eigenvalue weighted by molar-refractivity contribution is 0.855. The average molecular weight is 267 g/mol. The van der Waals surface area contributed by atoms with E-state index in [4.69, 9.17) is 0 Å². The molecular weight excluding hydrogens is 242 g/mol. The topological polar surface area (TPSA) is 12.0 Å². The van der Waals surface area contributed by atoms with E-state index in [2.05, 4.69) is 82.4 Å². The predicted molar refractivity (Wildman–Crippen MR) is 88.5 cm³/mol. The van der Waals surface area contributed by atoms with Crippen LogP contribution < -0.4 is 5.32 Å². The van der Waals surface area contributed by atoms with Gasteiger partial charge in [0.25, 0.3) is 0 Å². The normalized spacial score (nSPS) is 12.5. The van der Waals surface area contributed by atoms with Gasteiger partial charge in [0.1, 0.15) is 0 Å². The number of nitrogens with one attached hydrogen (secondary N) is 1. The molecule has 0 saturated heterocycles. The third-order valence-corrected chi connectivity index (χ3v) is 3.83. The Balaban J connectivity index is 2.19. The zero-order valence-corrected chi connectivity index (χ0v) is 13.2. The fourth-order valence-corrected chi connectivity index (χ4v) is 2.63. The third-order valence-electron chi connectivity index (χ3n) is 3.83. The molecule has 0 amide bonds. The van der Waals surface area contributed by atoms with Crippen LogP contribution in [-0.4, -0.2) is 0 Å². The van der Waals surface area contributed by atoms with Gasteiger partial charge in [-0.25, -0.2) is 0 Å². The van der Waals surface area contributed by atoms with E-state index in [1.54, 1.807) is 0 Å². The molecule has 0 radical (unpaired) electrons. The van der Waals surface area contributed by atoms with Crippen LogP contribution in [0, 0.1) is 13.8 Å². The molecule has 0 spiro atoms. The summed E-state index contributed by atoms with van der Waals surface area (Å²) in [6.45, 7) is 11.0. The number of anilines is 1. The Morgan fingerprint density at radius 1 is 0.900 bits per heavy atom. The average Bonchev–Trinajstić information content (AvgIpc) is 2.38. The molecule has 1 atom stereocenters. The van der Waals surface area contributed by atoms with E-state index in [-0.39, 0.29) is 0 Å². The van der Waals surface area contributed by atoms with Gasteiger partial charge in [-0.1, -0.05) is 49.7 Å². The highest BCUT2D eigenvalue weighted by Gasteiger charge is 2.09. The van der Waals surface area contributed by atoms with Crippen LogP contribution in [0.5, 0.6) is 0 Å². The van der Waals surface area contributed by atoms with Crippen molar-refractivity contribution in [2.75, 3.05) is 5.32 Å². The first-order chi connectivity index (χ1) is 9.47. The number of benzene rings is 2. The van der Waals surface area contributed by atoms with E-state index >= 15 is 0 Å². The molecule has 0 aromatic heterocycles. The molecule has 0 fully saturated rings. The molecule has 106 valence electrons. The van der Waals surface area contributed by atoms with Crippen molar-refractivity contribution in [3.05, 3.63) is 64.7 Å². The van der Waals surface area contributed by atoms with E-state index < -0.39 is 0 Å². The maximum absolute atomic E-state index is 3.61. The van der Waals surface area contributed by atoms with Crippen LogP contribution in [0.4, 0.5) is 5.69 Å². The second-order valence-electron chi connectivity index (χ2n) is 6.01. The number of aryl methyl sites for hydroxylation is 2. The van der Waals surface area contributed by atoms with Crippen LogP contribution in [-0.2, 0) is 0 Å². The minimum absolute atomic E-state index is 0.318. The van der Waals surface area contributed by atoms with Crippen LogP contribution in [0.25, 0.3) is 0 Å². The van der Waals surface area contributed by atoms with E-state index in [9.17, 15) is 0 Å². The van der Waals surface area contributed by atoms with Gasteiger partial charge in [-0.05, 0) is 55.5 Å². The molecule has 2 rings (SSSR count). The minimum Gasteiger partial charge on any atom is -0.379 e. The summed E-state index contributed by atoms with van der Waals surface area (Å²) in [7, 11) is 0. The quantitative estimate of drug-likeness (QED) is 0.760. The highest BCUT2D eigenvalue weighted by molar-refractivity contribution is 5.49. The Bertz CT molecular complexity index is 584. The summed E-state index contributed by atoms with van der Waals surface area (Å²) in [5.74, 6) is 0.563. The first-order valence-corrected chi connectivity index (χ1v) is 7.41. The summed E-state index contributed by atoms with van der Waals surface area (Å²) in [6, 6.07) is 15.7. The second-order valence-corrected chi connectivity index (χ2v) is 6.01. The van der Waals surface area contributed by atoms with Gasteiger partial charge in [-0.2, -0.15) is 0 Å². The third kappa shape index (κ3) is 3.41. The highest BCUT2D eigenvalue weighted by atomic mass is 14.9. The van der Waals surface area contributed by atoms with Crippen molar-refractivity contribution in [3.63, 3.8) is 0 Å². The number of hydrogen-bond acceptors (Lipinski definition) is 1. The van der Waals surface area contributed by atoms with E-state index in [1.165, 1.54) is 27.9 Å². The Hall–Kier alpha value is -1.76. The summed E-state index contributed by atoms with van der Waals surface area (Å²) in [5.41, 5.74) is 6.61. The van der Waals surface area contributed by atoms with Crippen molar-refractivity contribution >= 4 is 5.69 Å². The Morgan fingerprint density at radius 2 is 1.65 bits per heavy atom. The van der Waals surface area contributed by atoms with Crippen molar-refractivity contribution < 1.29 is 0 Å². The Morgan fingerprint density at radius 3 is 2.30 bits per heavy atom. The number of rotatable bonds is 4. The molecule has 2 aromatic rings. The van der Waals surface area contributed by atoms with Crippen LogP contribution in [0.1, 0.15) is 55.0 Å². The largest absolute Gasteiger partial charge is 0.379 e. The maximum Gasteiger partial charge on any atom is 0.0488 e. The van der Waals surface area contributed by atoms with Gasteiger partial charge in [-0.3, -0.25) is 0 Å². The van der Waals surface area contributed by atoms with Crippen LogP contribution >= 0.6 is 0 Å². The van der Waals surface area contributed by atoms with Gasteiger partial charge in [-0.15, -0.1) is 0 Å². The van der Waals surface area contributed by atoms with Gasteiger partial charge in [0.05, 0.1) is 0 Å². The summed E-state index contributed by atoms with van der Waals surface area (Å²) in [5, 5.41) is 3.61. The van der Waals surface area contributed by atoms with E-state index in [0.717, 1.165) is 0 Å². The lowest BCUT2D eigenvalue weighted by Crippen LogP contribution is -2.08. The molecule has 2 aromatic carbocycles. The van der Waals surface area contributed by atoms with Crippen molar-refractivity contribution in [2.24, 2.45) is 0 Å². The zero-order chi connectivity index (χ0) is 14.7. The highest BCUT2D eigenvalue weighted by Crippen LogP contribution is 2.25. The Labute approximate surface area is 123 Å². The maximum atomic E-state index is 3.61. The summed E-state index contributed by atoms with van der Waals surface area (Å²) in [6.07, 6.45) is 0. The van der Waals surface area contributed by atoms with Crippen LogP contribution in [0.15, 0.2) is 42.5 Å². The minimum atomic E-state index is 0.318. The molecule has 0 aliphatic heterocycles. The summed E-state index contributed by atoms with van der Waals surface area (Å²) >= 11 is 0. The van der Waals surface area contributed by atoms with Crippen molar-refractivity contribution in [1.29, 1.82) is 0 Å². The first-order valence-electron chi connectivity index (χ1n) is 7.41. The van der Waals surface area contributed by atoms with Crippen LogP contribution in [0.3, 0.4) is 0 Å². The van der Waals surface area contributed by atoms with Crippen molar-refractivity contribution in [3.8, 4) is 0 Å². The summed E-state index contributed by atoms with van der Waals surface area (Å²) in [4.78, 5) is 0. The molecule has 0 aliphatic carbocycles. The van der Waals surface area contributed by atoms with Crippen molar-refractivity contribution in [2.45, 2.75) is 46.6 Å². The van der Waals surface area contributed by atoms with Crippen molar-refractivity contribution in [1.82, 2.24) is 0 Å². The Kier molecular flexibility index (Phi) is 4.49.